The second-order valence-corrected chi connectivity index (χ2v) is 6.07. The van der Waals surface area contributed by atoms with Gasteiger partial charge in [0.2, 0.25) is 0 Å². The number of H-pyrrole nitrogens is 1. The van der Waals surface area contributed by atoms with Gasteiger partial charge < -0.3 is 4.98 Å². The molecule has 1 heterocycles. The molecule has 1 saturated carbocycles. The maximum absolute atomic E-state index is 12.7. The lowest BCUT2D eigenvalue weighted by molar-refractivity contribution is 0.0884. The van der Waals surface area contributed by atoms with Gasteiger partial charge in [-0.05, 0) is 18.9 Å². The molecule has 1 aliphatic rings. The maximum atomic E-state index is 12.7. The lowest BCUT2D eigenvalue weighted by Crippen LogP contribution is -2.40. The Balaban J connectivity index is 1.77. The predicted octanol–water partition coefficient (Wildman–Crippen LogP) is 3.62. The van der Waals surface area contributed by atoms with Gasteiger partial charge in [0.05, 0.1) is 13.1 Å². The van der Waals surface area contributed by atoms with E-state index in [0.717, 1.165) is 29.3 Å². The van der Waals surface area contributed by atoms with Gasteiger partial charge in [-0.15, -0.1) is 6.42 Å². The van der Waals surface area contributed by atoms with E-state index in [1.807, 2.05) is 30.5 Å². The van der Waals surface area contributed by atoms with E-state index < -0.39 is 0 Å². The summed E-state index contributed by atoms with van der Waals surface area (Å²) in [6.07, 6.45) is 13.4. The van der Waals surface area contributed by atoms with Gasteiger partial charge in [0.1, 0.15) is 0 Å². The zero-order valence-corrected chi connectivity index (χ0v) is 12.8. The summed E-state index contributed by atoms with van der Waals surface area (Å²) in [5, 5.41) is 0.997. The summed E-state index contributed by atoms with van der Waals surface area (Å²) >= 11 is 0. The van der Waals surface area contributed by atoms with Crippen LogP contribution in [-0.2, 0) is 0 Å². The molecule has 1 fully saturated rings. The van der Waals surface area contributed by atoms with Crippen LogP contribution in [0.4, 0.5) is 0 Å². The highest BCUT2D eigenvalue weighted by Gasteiger charge is 2.23. The number of terminal acetylenes is 1. The first-order valence-electron chi connectivity index (χ1n) is 8.06. The van der Waals surface area contributed by atoms with Gasteiger partial charge in [-0.3, -0.25) is 9.69 Å². The monoisotopic (exact) mass is 294 g/mol. The zero-order chi connectivity index (χ0) is 15.4. The SMILES string of the molecule is C#CCN(CC(=O)c1c[nH]c2ccccc12)C1CCCCC1. The fourth-order valence-corrected chi connectivity index (χ4v) is 3.45. The van der Waals surface area contributed by atoms with Crippen LogP contribution in [0, 0.1) is 12.3 Å². The molecule has 0 saturated heterocycles. The van der Waals surface area contributed by atoms with E-state index >= 15 is 0 Å². The topological polar surface area (TPSA) is 36.1 Å². The van der Waals surface area contributed by atoms with Crippen LogP contribution in [0.3, 0.4) is 0 Å². The number of carbonyl (C=O) groups is 1. The summed E-state index contributed by atoms with van der Waals surface area (Å²) in [6.45, 7) is 0.968. The van der Waals surface area contributed by atoms with Crippen molar-refractivity contribution in [2.75, 3.05) is 13.1 Å². The molecule has 0 spiro atoms. The van der Waals surface area contributed by atoms with Crippen LogP contribution in [0.2, 0.25) is 0 Å². The van der Waals surface area contributed by atoms with Crippen LogP contribution in [0.25, 0.3) is 10.9 Å². The van der Waals surface area contributed by atoms with Crippen LogP contribution in [0.1, 0.15) is 42.5 Å². The Bertz CT molecular complexity index is 689. The normalized spacial score (nSPS) is 16.0. The van der Waals surface area contributed by atoms with Crippen molar-refractivity contribution in [1.29, 1.82) is 0 Å². The molecule has 1 aromatic heterocycles. The van der Waals surface area contributed by atoms with Crippen molar-refractivity contribution < 1.29 is 4.79 Å². The quantitative estimate of drug-likeness (QED) is 0.675. The molecule has 114 valence electrons. The molecule has 1 aliphatic carbocycles. The highest BCUT2D eigenvalue weighted by molar-refractivity contribution is 6.08. The molecule has 0 bridgehead atoms. The number of fused-ring (bicyclic) bond motifs is 1. The third-order valence-electron chi connectivity index (χ3n) is 4.62. The number of hydrogen-bond acceptors (Lipinski definition) is 2. The number of para-hydroxylation sites is 1. The number of aromatic nitrogens is 1. The molecule has 0 unspecified atom stereocenters. The summed E-state index contributed by atoms with van der Waals surface area (Å²) in [5.41, 5.74) is 1.78. The van der Waals surface area contributed by atoms with E-state index in [2.05, 4.69) is 15.8 Å². The molecule has 3 nitrogen and oxygen atoms in total. The Morgan fingerprint density at radius 2 is 2.05 bits per heavy atom. The first-order chi connectivity index (χ1) is 10.8. The molecule has 3 rings (SSSR count). The number of ketones is 1. The number of nitrogens with zero attached hydrogens (tertiary/aromatic N) is 1. The minimum Gasteiger partial charge on any atom is -0.360 e. The van der Waals surface area contributed by atoms with Crippen LogP contribution >= 0.6 is 0 Å². The number of Topliss-reactive ketones (excluding diaryl/α,β-unsaturated/α-hetero) is 1. The van der Waals surface area contributed by atoms with Gasteiger partial charge in [0.15, 0.2) is 5.78 Å². The van der Waals surface area contributed by atoms with Crippen molar-refractivity contribution in [3.63, 3.8) is 0 Å². The van der Waals surface area contributed by atoms with E-state index in [1.54, 1.807) is 0 Å². The van der Waals surface area contributed by atoms with Crippen LogP contribution in [0.15, 0.2) is 30.5 Å². The van der Waals surface area contributed by atoms with Gasteiger partial charge in [-0.1, -0.05) is 43.4 Å². The molecular weight excluding hydrogens is 272 g/mol. The fourth-order valence-electron chi connectivity index (χ4n) is 3.45. The minimum absolute atomic E-state index is 0.151. The summed E-state index contributed by atoms with van der Waals surface area (Å²) in [6, 6.07) is 8.38. The highest BCUT2D eigenvalue weighted by atomic mass is 16.1. The Morgan fingerprint density at radius 1 is 1.27 bits per heavy atom. The Morgan fingerprint density at radius 3 is 2.82 bits per heavy atom. The third-order valence-corrected chi connectivity index (χ3v) is 4.62. The fraction of sp³-hybridized carbons (Fsp3) is 0.421. The molecule has 22 heavy (non-hydrogen) atoms. The number of benzene rings is 1. The van der Waals surface area contributed by atoms with Crippen molar-refractivity contribution in [3.8, 4) is 12.3 Å². The van der Waals surface area contributed by atoms with Crippen molar-refractivity contribution in [3.05, 3.63) is 36.0 Å². The van der Waals surface area contributed by atoms with E-state index in [4.69, 9.17) is 6.42 Å². The van der Waals surface area contributed by atoms with Crippen molar-refractivity contribution >= 4 is 16.7 Å². The van der Waals surface area contributed by atoms with E-state index in [1.165, 1.54) is 19.3 Å². The predicted molar refractivity (Wildman–Crippen MR) is 89.9 cm³/mol. The summed E-state index contributed by atoms with van der Waals surface area (Å²) in [4.78, 5) is 18.1. The summed E-state index contributed by atoms with van der Waals surface area (Å²) in [7, 11) is 0. The Kier molecular flexibility index (Phi) is 4.60. The first kappa shape index (κ1) is 14.9. The second kappa shape index (κ2) is 6.81. The highest BCUT2D eigenvalue weighted by Crippen LogP contribution is 2.24. The number of hydrogen-bond donors (Lipinski definition) is 1. The van der Waals surface area contributed by atoms with Gasteiger partial charge in [0, 0.05) is 28.7 Å². The van der Waals surface area contributed by atoms with E-state index in [0.29, 0.717) is 19.1 Å². The van der Waals surface area contributed by atoms with Crippen molar-refractivity contribution in [1.82, 2.24) is 9.88 Å². The lowest BCUT2D eigenvalue weighted by Gasteiger charge is -2.32. The molecule has 0 amide bonds. The molecule has 1 N–H and O–H groups in total. The standard InChI is InChI=1S/C19H22N2O/c1-2-12-21(15-8-4-3-5-9-15)14-19(22)17-13-20-18-11-7-6-10-16(17)18/h1,6-7,10-11,13,15,20H,3-5,8-9,12,14H2. The number of aromatic amines is 1. The first-order valence-corrected chi connectivity index (χ1v) is 8.06. The van der Waals surface area contributed by atoms with Gasteiger partial charge >= 0.3 is 0 Å². The molecular formula is C19H22N2O. The van der Waals surface area contributed by atoms with E-state index in [-0.39, 0.29) is 5.78 Å². The molecule has 0 radical (unpaired) electrons. The van der Waals surface area contributed by atoms with E-state index in [9.17, 15) is 4.79 Å². The van der Waals surface area contributed by atoms with Crippen molar-refractivity contribution in [2.24, 2.45) is 0 Å². The zero-order valence-electron chi connectivity index (χ0n) is 12.8. The number of rotatable bonds is 5. The average Bonchev–Trinajstić information content (AvgIpc) is 2.99. The number of nitrogens with one attached hydrogen (secondary N) is 1. The van der Waals surface area contributed by atoms with Crippen molar-refractivity contribution in [2.45, 2.75) is 38.1 Å². The second-order valence-electron chi connectivity index (χ2n) is 6.07. The van der Waals surface area contributed by atoms with Crippen LogP contribution < -0.4 is 0 Å². The third kappa shape index (κ3) is 3.08. The van der Waals surface area contributed by atoms with Crippen LogP contribution in [0.5, 0.6) is 0 Å². The van der Waals surface area contributed by atoms with Crippen LogP contribution in [-0.4, -0.2) is 34.8 Å². The summed E-state index contributed by atoms with van der Waals surface area (Å²) < 4.78 is 0. The number of carbonyl (C=O) groups excluding carboxylic acids is 1. The van der Waals surface area contributed by atoms with Gasteiger partial charge in [-0.2, -0.15) is 0 Å². The largest absolute Gasteiger partial charge is 0.360 e. The van der Waals surface area contributed by atoms with Gasteiger partial charge in [0.25, 0.3) is 0 Å². The van der Waals surface area contributed by atoms with Gasteiger partial charge in [-0.25, -0.2) is 0 Å². The lowest BCUT2D eigenvalue weighted by atomic mass is 9.93. The molecule has 1 aromatic carbocycles. The molecule has 0 atom stereocenters. The Hall–Kier alpha value is -2.05. The average molecular weight is 294 g/mol. The minimum atomic E-state index is 0.151. The molecule has 3 heteroatoms. The molecule has 2 aromatic rings. The maximum Gasteiger partial charge on any atom is 0.179 e. The summed E-state index contributed by atoms with van der Waals surface area (Å²) in [5.74, 6) is 2.87. The molecule has 0 aliphatic heterocycles. The Labute approximate surface area is 131 Å². The smallest absolute Gasteiger partial charge is 0.179 e.